The molecular formula is C12H9Br2ClS. The summed E-state index contributed by atoms with van der Waals surface area (Å²) in [5.41, 5.74) is 3.48. The predicted octanol–water partition coefficient (Wildman–Crippen LogP) is 5.91. The van der Waals surface area contributed by atoms with Crippen LogP contribution in [0, 0.1) is 6.92 Å². The largest absolute Gasteiger partial charge is 0.121 e. The van der Waals surface area contributed by atoms with E-state index in [2.05, 4.69) is 63.0 Å². The number of hydrogen-bond acceptors (Lipinski definition) is 1. The zero-order valence-corrected chi connectivity index (χ0v) is 13.3. The highest BCUT2D eigenvalue weighted by Crippen LogP contribution is 2.40. The molecule has 1 atom stereocenters. The molecule has 2 aromatic rings. The minimum Gasteiger partial charge on any atom is -0.121 e. The van der Waals surface area contributed by atoms with Crippen LogP contribution in [-0.4, -0.2) is 0 Å². The van der Waals surface area contributed by atoms with Crippen molar-refractivity contribution in [2.45, 2.75) is 12.3 Å². The van der Waals surface area contributed by atoms with E-state index in [1.807, 2.05) is 6.07 Å². The van der Waals surface area contributed by atoms with Crippen LogP contribution in [-0.2, 0) is 0 Å². The maximum Gasteiger partial charge on any atom is 0.0855 e. The van der Waals surface area contributed by atoms with Crippen LogP contribution < -0.4 is 0 Å². The lowest BCUT2D eigenvalue weighted by Crippen LogP contribution is -1.92. The summed E-state index contributed by atoms with van der Waals surface area (Å²) in [6.45, 7) is 2.08. The van der Waals surface area contributed by atoms with Crippen molar-refractivity contribution >= 4 is 54.8 Å². The fraction of sp³-hybridized carbons (Fsp3) is 0.167. The highest BCUT2D eigenvalue weighted by molar-refractivity contribution is 9.12. The summed E-state index contributed by atoms with van der Waals surface area (Å²) in [4.78, 5) is 0. The third kappa shape index (κ3) is 2.70. The molecule has 0 aliphatic heterocycles. The lowest BCUT2D eigenvalue weighted by Gasteiger charge is -2.09. The van der Waals surface area contributed by atoms with Gasteiger partial charge < -0.3 is 0 Å². The van der Waals surface area contributed by atoms with Gasteiger partial charge in [0.2, 0.25) is 0 Å². The minimum absolute atomic E-state index is 0.100. The van der Waals surface area contributed by atoms with Gasteiger partial charge in [0.05, 0.1) is 12.9 Å². The van der Waals surface area contributed by atoms with Crippen molar-refractivity contribution in [2.24, 2.45) is 0 Å². The van der Waals surface area contributed by atoms with Crippen LogP contribution in [0.4, 0.5) is 0 Å². The van der Waals surface area contributed by atoms with Gasteiger partial charge in [-0.1, -0.05) is 29.8 Å². The van der Waals surface area contributed by atoms with Crippen molar-refractivity contribution in [3.05, 3.63) is 54.6 Å². The van der Waals surface area contributed by atoms with Gasteiger partial charge in [-0.2, -0.15) is 0 Å². The van der Waals surface area contributed by atoms with E-state index in [4.69, 9.17) is 11.6 Å². The molecule has 0 fully saturated rings. The Labute approximate surface area is 121 Å². The highest BCUT2D eigenvalue weighted by atomic mass is 79.9. The Balaban J connectivity index is 2.38. The number of hydrogen-bond donors (Lipinski definition) is 0. The number of rotatable bonds is 2. The third-order valence-electron chi connectivity index (χ3n) is 2.29. The minimum atomic E-state index is -0.100. The Morgan fingerprint density at radius 1 is 1.25 bits per heavy atom. The Bertz CT molecular complexity index is 507. The van der Waals surface area contributed by atoms with E-state index in [9.17, 15) is 0 Å². The molecule has 0 N–H and O–H groups in total. The van der Waals surface area contributed by atoms with Crippen molar-refractivity contribution in [1.82, 2.24) is 0 Å². The summed E-state index contributed by atoms with van der Waals surface area (Å²) in [5.74, 6) is 0. The van der Waals surface area contributed by atoms with Crippen molar-refractivity contribution in [1.29, 1.82) is 0 Å². The van der Waals surface area contributed by atoms with E-state index in [1.165, 1.54) is 5.56 Å². The molecule has 1 aromatic heterocycles. The van der Waals surface area contributed by atoms with Crippen LogP contribution in [0.5, 0.6) is 0 Å². The lowest BCUT2D eigenvalue weighted by atomic mass is 10.1. The second-order valence-electron chi connectivity index (χ2n) is 3.56. The molecular weight excluding hydrogens is 371 g/mol. The molecule has 0 spiro atoms. The van der Waals surface area contributed by atoms with Gasteiger partial charge in [-0.3, -0.25) is 0 Å². The number of benzene rings is 1. The van der Waals surface area contributed by atoms with Gasteiger partial charge in [0.1, 0.15) is 0 Å². The van der Waals surface area contributed by atoms with Crippen LogP contribution in [0.1, 0.15) is 22.1 Å². The first kappa shape index (κ1) is 12.6. The maximum atomic E-state index is 6.48. The van der Waals surface area contributed by atoms with Gasteiger partial charge in [-0.15, -0.1) is 22.9 Å². The maximum absolute atomic E-state index is 6.48. The Morgan fingerprint density at radius 2 is 2.00 bits per heavy atom. The molecule has 1 heterocycles. The molecule has 1 unspecified atom stereocenters. The zero-order valence-electron chi connectivity index (χ0n) is 8.51. The molecule has 0 amide bonds. The van der Waals surface area contributed by atoms with Gasteiger partial charge in [-0.05, 0) is 50.4 Å². The normalized spacial score (nSPS) is 12.8. The molecule has 0 aliphatic carbocycles. The SMILES string of the molecule is Cc1cccc(C(Cl)c2cc(Br)sc2Br)c1. The summed E-state index contributed by atoms with van der Waals surface area (Å²) >= 11 is 15.1. The van der Waals surface area contributed by atoms with E-state index in [0.717, 1.165) is 18.7 Å². The first-order chi connectivity index (χ1) is 7.58. The lowest BCUT2D eigenvalue weighted by molar-refractivity contribution is 1.14. The first-order valence-corrected chi connectivity index (χ1v) is 7.57. The van der Waals surface area contributed by atoms with Crippen LogP contribution in [0.25, 0.3) is 0 Å². The molecule has 0 radical (unpaired) electrons. The molecule has 2 rings (SSSR count). The van der Waals surface area contributed by atoms with E-state index < -0.39 is 0 Å². The molecule has 4 heteroatoms. The molecule has 16 heavy (non-hydrogen) atoms. The number of thiophene rings is 1. The fourth-order valence-corrected chi connectivity index (χ4v) is 4.94. The molecule has 1 aromatic carbocycles. The smallest absolute Gasteiger partial charge is 0.0855 e. The van der Waals surface area contributed by atoms with Crippen LogP contribution >= 0.6 is 54.8 Å². The topological polar surface area (TPSA) is 0 Å². The van der Waals surface area contributed by atoms with E-state index >= 15 is 0 Å². The van der Waals surface area contributed by atoms with Crippen molar-refractivity contribution in [3.63, 3.8) is 0 Å². The molecule has 0 bridgehead atoms. The van der Waals surface area contributed by atoms with Gasteiger partial charge in [0.15, 0.2) is 0 Å². The van der Waals surface area contributed by atoms with Crippen molar-refractivity contribution < 1.29 is 0 Å². The average Bonchev–Trinajstić information content (AvgIpc) is 2.57. The number of aryl methyl sites for hydroxylation is 1. The Kier molecular flexibility index (Phi) is 4.11. The van der Waals surface area contributed by atoms with Gasteiger partial charge in [0.25, 0.3) is 0 Å². The standard InChI is InChI=1S/C12H9Br2ClS/c1-7-3-2-4-8(5-7)11(15)9-6-10(13)16-12(9)14/h2-6,11H,1H3. The van der Waals surface area contributed by atoms with Gasteiger partial charge in [0, 0.05) is 5.56 Å². The summed E-state index contributed by atoms with van der Waals surface area (Å²) < 4.78 is 2.17. The zero-order chi connectivity index (χ0) is 11.7. The monoisotopic (exact) mass is 378 g/mol. The van der Waals surface area contributed by atoms with Crippen LogP contribution in [0.2, 0.25) is 0 Å². The van der Waals surface area contributed by atoms with E-state index in [-0.39, 0.29) is 5.38 Å². The summed E-state index contributed by atoms with van der Waals surface area (Å²) in [7, 11) is 0. The first-order valence-electron chi connectivity index (χ1n) is 4.73. The van der Waals surface area contributed by atoms with Crippen molar-refractivity contribution in [3.8, 4) is 0 Å². The summed E-state index contributed by atoms with van der Waals surface area (Å²) in [5, 5.41) is -0.100. The summed E-state index contributed by atoms with van der Waals surface area (Å²) in [6, 6.07) is 10.4. The molecule has 0 saturated carbocycles. The average molecular weight is 381 g/mol. The Morgan fingerprint density at radius 3 is 2.56 bits per heavy atom. The third-order valence-corrected chi connectivity index (χ3v) is 5.16. The number of halogens is 3. The molecule has 0 saturated heterocycles. The quantitative estimate of drug-likeness (QED) is 0.568. The fourth-order valence-electron chi connectivity index (χ4n) is 1.53. The highest BCUT2D eigenvalue weighted by Gasteiger charge is 2.16. The second kappa shape index (κ2) is 5.21. The van der Waals surface area contributed by atoms with E-state index in [1.54, 1.807) is 11.3 Å². The Hall–Kier alpha value is 0.170. The molecule has 84 valence electrons. The van der Waals surface area contributed by atoms with Gasteiger partial charge in [-0.25, -0.2) is 0 Å². The second-order valence-corrected chi connectivity index (χ2v) is 7.74. The molecule has 0 nitrogen and oxygen atoms in total. The predicted molar refractivity (Wildman–Crippen MR) is 78.6 cm³/mol. The van der Waals surface area contributed by atoms with Crippen LogP contribution in [0.15, 0.2) is 37.9 Å². The van der Waals surface area contributed by atoms with Crippen LogP contribution in [0.3, 0.4) is 0 Å². The van der Waals surface area contributed by atoms with E-state index in [0.29, 0.717) is 0 Å². The summed E-state index contributed by atoms with van der Waals surface area (Å²) in [6.07, 6.45) is 0. The van der Waals surface area contributed by atoms with Crippen molar-refractivity contribution in [2.75, 3.05) is 0 Å². The molecule has 0 aliphatic rings. The number of alkyl halides is 1. The van der Waals surface area contributed by atoms with Gasteiger partial charge >= 0.3 is 0 Å².